The normalized spacial score (nSPS) is 14.1. The Hall–Kier alpha value is -1.06. The van der Waals surface area contributed by atoms with Gasteiger partial charge in [-0.25, -0.2) is 0 Å². The summed E-state index contributed by atoms with van der Waals surface area (Å²) < 4.78 is 5.09. The average molecular weight is 244 g/mol. The largest absolute Gasteiger partial charge is 0.481 e. The predicted octanol–water partition coefficient (Wildman–Crippen LogP) is 2.86. The highest BCUT2D eigenvalue weighted by atomic mass is 16.5. The van der Waals surface area contributed by atoms with Crippen LogP contribution in [0.5, 0.6) is 0 Å². The molecule has 0 saturated heterocycles. The number of rotatable bonds is 9. The minimum absolute atomic E-state index is 0.278. The van der Waals surface area contributed by atoms with Gasteiger partial charge in [0.1, 0.15) is 0 Å². The average Bonchev–Trinajstić information content (AvgIpc) is 2.29. The Bertz CT molecular complexity index is 238. The molecular formula is C13H24O4. The van der Waals surface area contributed by atoms with Crippen LogP contribution in [-0.2, 0) is 14.3 Å². The maximum atomic E-state index is 11.5. The van der Waals surface area contributed by atoms with Crippen molar-refractivity contribution in [2.24, 2.45) is 11.8 Å². The van der Waals surface area contributed by atoms with Gasteiger partial charge in [0, 0.05) is 0 Å². The zero-order valence-electron chi connectivity index (χ0n) is 11.1. The van der Waals surface area contributed by atoms with Gasteiger partial charge < -0.3 is 9.84 Å². The highest BCUT2D eigenvalue weighted by Crippen LogP contribution is 2.14. The molecule has 0 heterocycles. The lowest BCUT2D eigenvalue weighted by Crippen LogP contribution is -2.27. The van der Waals surface area contributed by atoms with Gasteiger partial charge in [0.05, 0.1) is 6.61 Å². The number of carboxylic acid groups (broad SMARTS) is 1. The van der Waals surface area contributed by atoms with Gasteiger partial charge in [0.2, 0.25) is 0 Å². The fourth-order valence-corrected chi connectivity index (χ4v) is 1.64. The van der Waals surface area contributed by atoms with Crippen molar-refractivity contribution in [3.05, 3.63) is 0 Å². The van der Waals surface area contributed by atoms with Gasteiger partial charge in [-0.15, -0.1) is 0 Å². The molecule has 0 aromatic rings. The van der Waals surface area contributed by atoms with E-state index in [1.165, 1.54) is 0 Å². The Balaban J connectivity index is 4.06. The number of carbonyl (C=O) groups excluding carboxylic acids is 1. The summed E-state index contributed by atoms with van der Waals surface area (Å²) in [6, 6.07) is 0. The summed E-state index contributed by atoms with van der Waals surface area (Å²) in [5.74, 6) is -2.36. The first kappa shape index (κ1) is 15.9. The molecular weight excluding hydrogens is 220 g/mol. The SMILES string of the molecule is CCCCC(CC)COC(=O)C(CC)C(=O)O. The summed E-state index contributed by atoms with van der Waals surface area (Å²) in [7, 11) is 0. The van der Waals surface area contributed by atoms with Crippen molar-refractivity contribution in [1.82, 2.24) is 0 Å². The summed E-state index contributed by atoms with van der Waals surface area (Å²) in [5, 5.41) is 8.81. The Labute approximate surface area is 103 Å². The summed E-state index contributed by atoms with van der Waals surface area (Å²) in [6.45, 7) is 6.20. The van der Waals surface area contributed by atoms with Gasteiger partial charge in [-0.1, -0.05) is 40.0 Å². The van der Waals surface area contributed by atoms with Crippen molar-refractivity contribution >= 4 is 11.9 Å². The Morgan fingerprint density at radius 1 is 1.18 bits per heavy atom. The number of carboxylic acids is 1. The molecule has 0 aliphatic heterocycles. The maximum Gasteiger partial charge on any atom is 0.320 e. The number of unbranched alkanes of at least 4 members (excludes halogenated alkanes) is 1. The molecule has 100 valence electrons. The van der Waals surface area contributed by atoms with Crippen LogP contribution >= 0.6 is 0 Å². The van der Waals surface area contributed by atoms with Crippen LogP contribution < -0.4 is 0 Å². The maximum absolute atomic E-state index is 11.5. The Morgan fingerprint density at radius 2 is 1.82 bits per heavy atom. The quantitative estimate of drug-likeness (QED) is 0.500. The fourth-order valence-electron chi connectivity index (χ4n) is 1.64. The van der Waals surface area contributed by atoms with Crippen molar-refractivity contribution in [2.45, 2.75) is 52.9 Å². The molecule has 0 fully saturated rings. The molecule has 17 heavy (non-hydrogen) atoms. The highest BCUT2D eigenvalue weighted by Gasteiger charge is 2.26. The molecule has 0 radical (unpaired) electrons. The topological polar surface area (TPSA) is 63.6 Å². The van der Waals surface area contributed by atoms with E-state index in [9.17, 15) is 9.59 Å². The van der Waals surface area contributed by atoms with Gasteiger partial charge >= 0.3 is 11.9 Å². The van der Waals surface area contributed by atoms with Gasteiger partial charge in [-0.05, 0) is 18.8 Å². The van der Waals surface area contributed by atoms with Crippen LogP contribution in [0, 0.1) is 11.8 Å². The molecule has 0 bridgehead atoms. The van der Waals surface area contributed by atoms with Crippen LogP contribution in [0.15, 0.2) is 0 Å². The number of carbonyl (C=O) groups is 2. The molecule has 0 aliphatic rings. The van der Waals surface area contributed by atoms with E-state index < -0.39 is 17.9 Å². The van der Waals surface area contributed by atoms with Crippen molar-refractivity contribution in [3.8, 4) is 0 Å². The van der Waals surface area contributed by atoms with Crippen LogP contribution in [0.25, 0.3) is 0 Å². The molecule has 0 aromatic carbocycles. The molecule has 0 amide bonds. The van der Waals surface area contributed by atoms with Gasteiger partial charge in [0.15, 0.2) is 5.92 Å². The summed E-state index contributed by atoms with van der Waals surface area (Å²) in [5.41, 5.74) is 0. The number of ether oxygens (including phenoxy) is 1. The van der Waals surface area contributed by atoms with Crippen molar-refractivity contribution in [1.29, 1.82) is 0 Å². The van der Waals surface area contributed by atoms with E-state index in [2.05, 4.69) is 13.8 Å². The summed E-state index contributed by atoms with van der Waals surface area (Å²) in [4.78, 5) is 22.3. The van der Waals surface area contributed by atoms with Crippen molar-refractivity contribution < 1.29 is 19.4 Å². The van der Waals surface area contributed by atoms with Crippen LogP contribution in [0.3, 0.4) is 0 Å². The number of hydrogen-bond acceptors (Lipinski definition) is 3. The first-order chi connectivity index (χ1) is 8.06. The lowest BCUT2D eigenvalue weighted by molar-refractivity contribution is -0.159. The Morgan fingerprint density at radius 3 is 2.24 bits per heavy atom. The van der Waals surface area contributed by atoms with Crippen LogP contribution in [0.1, 0.15) is 52.9 Å². The molecule has 0 aromatic heterocycles. The van der Waals surface area contributed by atoms with E-state index in [0.29, 0.717) is 12.5 Å². The molecule has 0 spiro atoms. The molecule has 4 nitrogen and oxygen atoms in total. The van der Waals surface area contributed by atoms with Crippen LogP contribution in [-0.4, -0.2) is 23.7 Å². The first-order valence-corrected chi connectivity index (χ1v) is 6.46. The smallest absolute Gasteiger partial charge is 0.320 e. The first-order valence-electron chi connectivity index (χ1n) is 6.46. The third-order valence-electron chi connectivity index (χ3n) is 3.00. The minimum atomic E-state index is -1.10. The van der Waals surface area contributed by atoms with Gasteiger partial charge in [0.25, 0.3) is 0 Å². The lowest BCUT2D eigenvalue weighted by Gasteiger charge is -2.16. The minimum Gasteiger partial charge on any atom is -0.481 e. The third-order valence-corrected chi connectivity index (χ3v) is 3.00. The van der Waals surface area contributed by atoms with E-state index in [4.69, 9.17) is 9.84 Å². The lowest BCUT2D eigenvalue weighted by atomic mass is 10.0. The molecule has 0 saturated carbocycles. The predicted molar refractivity (Wildman–Crippen MR) is 65.7 cm³/mol. The molecule has 0 rings (SSSR count). The number of esters is 1. The standard InChI is InChI=1S/C13H24O4/c1-4-7-8-10(5-2)9-17-13(16)11(6-3)12(14)15/h10-11H,4-9H2,1-3H3,(H,14,15). The molecule has 0 aliphatic carbocycles. The van der Waals surface area contributed by atoms with Gasteiger partial charge in [-0.2, -0.15) is 0 Å². The second-order valence-corrected chi connectivity index (χ2v) is 4.35. The van der Waals surface area contributed by atoms with E-state index in [1.807, 2.05) is 0 Å². The van der Waals surface area contributed by atoms with Crippen molar-refractivity contribution in [3.63, 3.8) is 0 Å². The van der Waals surface area contributed by atoms with Crippen molar-refractivity contribution in [2.75, 3.05) is 6.61 Å². The fraction of sp³-hybridized carbons (Fsp3) is 0.846. The third kappa shape index (κ3) is 6.29. The molecule has 4 heteroatoms. The summed E-state index contributed by atoms with van der Waals surface area (Å²) in [6.07, 6.45) is 4.50. The number of aliphatic carboxylic acids is 1. The Kier molecular flexibility index (Phi) is 8.46. The zero-order valence-corrected chi connectivity index (χ0v) is 11.1. The molecule has 2 unspecified atom stereocenters. The van der Waals surface area contributed by atoms with E-state index in [1.54, 1.807) is 6.92 Å². The second kappa shape index (κ2) is 9.02. The van der Waals surface area contributed by atoms with E-state index in [0.717, 1.165) is 25.7 Å². The zero-order chi connectivity index (χ0) is 13.3. The number of hydrogen-bond donors (Lipinski definition) is 1. The molecule has 2 atom stereocenters. The highest BCUT2D eigenvalue weighted by molar-refractivity contribution is 5.93. The molecule has 1 N–H and O–H groups in total. The monoisotopic (exact) mass is 244 g/mol. The van der Waals surface area contributed by atoms with Crippen LogP contribution in [0.2, 0.25) is 0 Å². The van der Waals surface area contributed by atoms with Gasteiger partial charge in [-0.3, -0.25) is 9.59 Å². The van der Waals surface area contributed by atoms with E-state index in [-0.39, 0.29) is 6.42 Å². The summed E-state index contributed by atoms with van der Waals surface area (Å²) >= 11 is 0. The van der Waals surface area contributed by atoms with Crippen LogP contribution in [0.4, 0.5) is 0 Å². The second-order valence-electron chi connectivity index (χ2n) is 4.35. The van der Waals surface area contributed by atoms with E-state index >= 15 is 0 Å².